The van der Waals surface area contributed by atoms with Crippen molar-refractivity contribution < 1.29 is 28.4 Å². The Hall–Kier alpha value is -2.12. The molecule has 2 aromatic rings. The molecule has 6 heteroatoms. The van der Waals surface area contributed by atoms with Crippen LogP contribution in [0.1, 0.15) is 71.9 Å². The van der Waals surface area contributed by atoms with Crippen molar-refractivity contribution in [2.75, 3.05) is 66.1 Å². The van der Waals surface area contributed by atoms with E-state index in [0.29, 0.717) is 66.1 Å². The molecule has 5 aliphatic rings. The van der Waals surface area contributed by atoms with Crippen LogP contribution < -0.4 is 9.47 Å². The standard InChI is InChI=1S/C34H48O6/c1-2-8-28-25-31-11-5-3-9-29-23-27(7-1)24-30-10-4-6-12-32(26-28)34(31)40-22-20-38-18-16-36-14-13-35-15-17-37-19-21-39-33(29)30/h23-26H,1-22H2. The lowest BCUT2D eigenvalue weighted by molar-refractivity contribution is -0.00709. The van der Waals surface area contributed by atoms with E-state index in [0.717, 1.165) is 75.7 Å². The van der Waals surface area contributed by atoms with Gasteiger partial charge in [-0.3, -0.25) is 0 Å². The van der Waals surface area contributed by atoms with Crippen molar-refractivity contribution in [3.8, 4) is 11.5 Å². The Labute approximate surface area is 240 Å². The monoisotopic (exact) mass is 552 g/mol. The van der Waals surface area contributed by atoms with Crippen molar-refractivity contribution in [2.45, 2.75) is 77.0 Å². The van der Waals surface area contributed by atoms with Gasteiger partial charge in [-0.1, -0.05) is 24.3 Å². The highest BCUT2D eigenvalue weighted by atomic mass is 16.6. The molecule has 7 rings (SSSR count). The second-order valence-electron chi connectivity index (χ2n) is 11.3. The highest BCUT2D eigenvalue weighted by molar-refractivity contribution is 5.47. The number of hydrogen-bond donors (Lipinski definition) is 0. The fourth-order valence-electron chi connectivity index (χ4n) is 6.14. The summed E-state index contributed by atoms with van der Waals surface area (Å²) >= 11 is 0. The highest BCUT2D eigenvalue weighted by Gasteiger charge is 2.18. The molecule has 0 unspecified atom stereocenters. The maximum atomic E-state index is 6.49. The number of ether oxygens (including phenoxy) is 6. The van der Waals surface area contributed by atoms with Crippen LogP contribution >= 0.6 is 0 Å². The van der Waals surface area contributed by atoms with Crippen LogP contribution in [-0.4, -0.2) is 66.1 Å². The first-order valence-electron chi connectivity index (χ1n) is 15.7. The fraction of sp³-hybridized carbons (Fsp3) is 0.647. The first-order valence-corrected chi connectivity index (χ1v) is 15.7. The van der Waals surface area contributed by atoms with Crippen LogP contribution in [-0.2, 0) is 57.5 Å². The average molecular weight is 553 g/mol. The summed E-state index contributed by atoms with van der Waals surface area (Å²) in [5, 5.41) is 0. The number of benzene rings is 2. The summed E-state index contributed by atoms with van der Waals surface area (Å²) in [5.41, 5.74) is 8.46. The summed E-state index contributed by atoms with van der Waals surface area (Å²) in [4.78, 5) is 0. The first kappa shape index (κ1) is 29.4. The number of fused-ring (bicyclic) bond motifs is 18. The molecule has 0 aromatic heterocycles. The molecule has 0 N–H and O–H groups in total. The molecular weight excluding hydrogens is 504 g/mol. The summed E-state index contributed by atoms with van der Waals surface area (Å²) in [5.74, 6) is 2.23. The third-order valence-corrected chi connectivity index (χ3v) is 8.13. The summed E-state index contributed by atoms with van der Waals surface area (Å²) < 4.78 is 35.9. The Bertz CT molecular complexity index is 913. The van der Waals surface area contributed by atoms with Crippen molar-refractivity contribution in [1.82, 2.24) is 0 Å². The number of aryl methyl sites for hydroxylation is 6. The zero-order valence-corrected chi connectivity index (χ0v) is 24.3. The zero-order chi connectivity index (χ0) is 27.2. The third-order valence-electron chi connectivity index (χ3n) is 8.13. The van der Waals surface area contributed by atoms with Crippen LogP contribution in [0.2, 0.25) is 0 Å². The summed E-state index contributed by atoms with van der Waals surface area (Å²) in [6.07, 6.45) is 13.4. The molecule has 8 bridgehead atoms. The van der Waals surface area contributed by atoms with Crippen molar-refractivity contribution in [1.29, 1.82) is 0 Å². The van der Waals surface area contributed by atoms with E-state index in [2.05, 4.69) is 24.3 Å². The lowest BCUT2D eigenvalue weighted by atomic mass is 9.89. The van der Waals surface area contributed by atoms with E-state index in [4.69, 9.17) is 28.4 Å². The van der Waals surface area contributed by atoms with Gasteiger partial charge < -0.3 is 28.4 Å². The minimum atomic E-state index is 0.559. The number of hydrogen-bond acceptors (Lipinski definition) is 6. The van der Waals surface area contributed by atoms with E-state index < -0.39 is 0 Å². The molecule has 40 heavy (non-hydrogen) atoms. The Morgan fingerprint density at radius 2 is 0.600 bits per heavy atom. The third kappa shape index (κ3) is 8.94. The molecule has 0 amide bonds. The number of rotatable bonds is 0. The maximum absolute atomic E-state index is 6.49. The van der Waals surface area contributed by atoms with Crippen molar-refractivity contribution in [3.63, 3.8) is 0 Å². The average Bonchev–Trinajstić information content (AvgIpc) is 2.95. The molecule has 0 radical (unpaired) electrons. The molecule has 2 aromatic carbocycles. The minimum Gasteiger partial charge on any atom is -0.491 e. The van der Waals surface area contributed by atoms with Gasteiger partial charge in [0.2, 0.25) is 0 Å². The van der Waals surface area contributed by atoms with Crippen LogP contribution in [0.15, 0.2) is 24.3 Å². The van der Waals surface area contributed by atoms with E-state index >= 15 is 0 Å². The molecule has 0 saturated carbocycles. The van der Waals surface area contributed by atoms with E-state index in [-0.39, 0.29) is 0 Å². The molecule has 0 fully saturated rings. The van der Waals surface area contributed by atoms with Gasteiger partial charge in [-0.15, -0.1) is 0 Å². The van der Waals surface area contributed by atoms with Gasteiger partial charge in [0.05, 0.1) is 52.9 Å². The zero-order valence-electron chi connectivity index (χ0n) is 24.3. The molecule has 2 heterocycles. The first-order chi connectivity index (χ1) is 19.9. The maximum Gasteiger partial charge on any atom is 0.125 e. The van der Waals surface area contributed by atoms with E-state index in [1.807, 2.05) is 0 Å². The van der Waals surface area contributed by atoms with Crippen molar-refractivity contribution >= 4 is 0 Å². The van der Waals surface area contributed by atoms with E-state index in [1.54, 1.807) is 0 Å². The molecule has 2 aliphatic heterocycles. The molecule has 0 saturated heterocycles. The SMILES string of the molecule is c1c2cc3c4c1CCCCc1cc(cc(c1OCCOCCOCCOCCOCCO4)CCCC3)CCCC2. The van der Waals surface area contributed by atoms with Gasteiger partial charge >= 0.3 is 0 Å². The largest absolute Gasteiger partial charge is 0.491 e. The van der Waals surface area contributed by atoms with E-state index in [1.165, 1.54) is 46.2 Å². The molecule has 0 spiro atoms. The van der Waals surface area contributed by atoms with Crippen molar-refractivity contribution in [3.05, 3.63) is 57.6 Å². The minimum absolute atomic E-state index is 0.559. The van der Waals surface area contributed by atoms with Gasteiger partial charge in [-0.05, 0) is 110 Å². The van der Waals surface area contributed by atoms with Gasteiger partial charge in [0.15, 0.2) is 0 Å². The molecule has 3 aliphatic carbocycles. The van der Waals surface area contributed by atoms with Crippen LogP contribution in [0.3, 0.4) is 0 Å². The Kier molecular flexibility index (Phi) is 12.0. The van der Waals surface area contributed by atoms with Gasteiger partial charge in [-0.25, -0.2) is 0 Å². The summed E-state index contributed by atoms with van der Waals surface area (Å²) in [6.45, 7) is 5.64. The predicted molar refractivity (Wildman–Crippen MR) is 157 cm³/mol. The Morgan fingerprint density at radius 1 is 0.325 bits per heavy atom. The lowest BCUT2D eigenvalue weighted by Crippen LogP contribution is -2.16. The Morgan fingerprint density at radius 3 is 0.925 bits per heavy atom. The summed E-state index contributed by atoms with van der Waals surface area (Å²) in [7, 11) is 0. The fourth-order valence-corrected chi connectivity index (χ4v) is 6.14. The Balaban J connectivity index is 1.42. The van der Waals surface area contributed by atoms with Gasteiger partial charge in [0, 0.05) is 0 Å². The highest BCUT2D eigenvalue weighted by Crippen LogP contribution is 2.34. The van der Waals surface area contributed by atoms with Crippen molar-refractivity contribution in [2.24, 2.45) is 0 Å². The predicted octanol–water partition coefficient (Wildman–Crippen LogP) is 5.85. The molecule has 6 nitrogen and oxygen atoms in total. The van der Waals surface area contributed by atoms with Gasteiger partial charge in [0.25, 0.3) is 0 Å². The van der Waals surface area contributed by atoms with E-state index in [9.17, 15) is 0 Å². The smallest absolute Gasteiger partial charge is 0.125 e. The van der Waals surface area contributed by atoms with Gasteiger partial charge in [-0.2, -0.15) is 0 Å². The second-order valence-corrected chi connectivity index (χ2v) is 11.3. The quantitative estimate of drug-likeness (QED) is 0.383. The van der Waals surface area contributed by atoms with Crippen LogP contribution in [0.4, 0.5) is 0 Å². The topological polar surface area (TPSA) is 55.4 Å². The van der Waals surface area contributed by atoms with Gasteiger partial charge in [0.1, 0.15) is 24.7 Å². The molecule has 220 valence electrons. The van der Waals surface area contributed by atoms with Crippen LogP contribution in [0, 0.1) is 0 Å². The van der Waals surface area contributed by atoms with Crippen LogP contribution in [0.5, 0.6) is 11.5 Å². The molecular formula is C34H48O6. The normalized spacial score (nSPS) is 20.8. The van der Waals surface area contributed by atoms with Crippen LogP contribution in [0.25, 0.3) is 0 Å². The molecule has 0 atom stereocenters. The second kappa shape index (κ2) is 16.4. The lowest BCUT2D eigenvalue weighted by Gasteiger charge is -2.22. The summed E-state index contributed by atoms with van der Waals surface area (Å²) in [6, 6.07) is 9.73.